The lowest BCUT2D eigenvalue weighted by atomic mass is 10.3. The summed E-state index contributed by atoms with van der Waals surface area (Å²) < 4.78 is 1.81. The molecule has 3 heterocycles. The summed E-state index contributed by atoms with van der Waals surface area (Å²) in [5.74, 6) is 2.40. The van der Waals surface area contributed by atoms with Gasteiger partial charge in [0.15, 0.2) is 0 Å². The Hall–Kier alpha value is -1.28. The zero-order chi connectivity index (χ0) is 13.1. The summed E-state index contributed by atoms with van der Waals surface area (Å²) in [6, 6.07) is 3.56. The number of amides is 1. The lowest BCUT2D eigenvalue weighted by Gasteiger charge is -2.10. The maximum Gasteiger partial charge on any atom is 0.242 e. The molecule has 1 saturated heterocycles. The highest BCUT2D eigenvalue weighted by atomic mass is 35.5. The van der Waals surface area contributed by atoms with Gasteiger partial charge in [-0.05, 0) is 12.1 Å². The molecule has 0 saturated carbocycles. The van der Waals surface area contributed by atoms with E-state index < -0.39 is 0 Å². The number of imidazole rings is 1. The highest BCUT2D eigenvalue weighted by Gasteiger charge is 2.22. The lowest BCUT2D eigenvalue weighted by molar-refractivity contribution is -0.117. The van der Waals surface area contributed by atoms with E-state index in [1.807, 2.05) is 18.3 Å². The molecule has 0 aliphatic carbocycles. The fourth-order valence-corrected chi connectivity index (χ4v) is 2.74. The minimum atomic E-state index is -0.113. The van der Waals surface area contributed by atoms with E-state index in [0.717, 1.165) is 17.4 Å². The van der Waals surface area contributed by atoms with Crippen LogP contribution in [-0.4, -0.2) is 38.1 Å². The highest BCUT2D eigenvalue weighted by molar-refractivity contribution is 7.99. The third kappa shape index (κ3) is 4.34. The molecule has 21 heavy (non-hydrogen) atoms. The van der Waals surface area contributed by atoms with E-state index in [-0.39, 0.29) is 36.8 Å². The zero-order valence-corrected chi connectivity index (χ0v) is 13.4. The Morgan fingerprint density at radius 3 is 2.86 bits per heavy atom. The number of hydrogen-bond donors (Lipinski definition) is 2. The predicted octanol–water partition coefficient (Wildman–Crippen LogP) is 1.71. The van der Waals surface area contributed by atoms with Gasteiger partial charge in [0.1, 0.15) is 12.1 Å². The molecular formula is C12H15Cl2N5OS. The molecule has 0 bridgehead atoms. The smallest absolute Gasteiger partial charge is 0.242 e. The van der Waals surface area contributed by atoms with Crippen LogP contribution in [0, 0.1) is 0 Å². The van der Waals surface area contributed by atoms with Gasteiger partial charge in [-0.2, -0.15) is 0 Å². The van der Waals surface area contributed by atoms with Crippen LogP contribution < -0.4 is 10.6 Å². The average molecular weight is 348 g/mol. The van der Waals surface area contributed by atoms with E-state index in [1.54, 1.807) is 35.0 Å². The molecule has 1 aliphatic heterocycles. The van der Waals surface area contributed by atoms with E-state index >= 15 is 0 Å². The third-order valence-corrected chi connectivity index (χ3v) is 3.76. The van der Waals surface area contributed by atoms with Crippen LogP contribution in [0.5, 0.6) is 0 Å². The maximum absolute atomic E-state index is 11.9. The number of nitrogens with one attached hydrogen (secondary N) is 2. The summed E-state index contributed by atoms with van der Waals surface area (Å²) in [5, 5.41) is 5.98. The van der Waals surface area contributed by atoms with Crippen molar-refractivity contribution in [2.24, 2.45) is 0 Å². The van der Waals surface area contributed by atoms with Gasteiger partial charge < -0.3 is 5.32 Å². The van der Waals surface area contributed by atoms with Crippen LogP contribution in [0.15, 0.2) is 37.1 Å². The van der Waals surface area contributed by atoms with E-state index in [0.29, 0.717) is 5.69 Å². The van der Waals surface area contributed by atoms with Crippen LogP contribution >= 0.6 is 36.6 Å². The summed E-state index contributed by atoms with van der Waals surface area (Å²) in [5.41, 5.74) is 0.701. The number of aromatic nitrogens is 3. The van der Waals surface area contributed by atoms with Crippen LogP contribution in [-0.2, 0) is 4.79 Å². The summed E-state index contributed by atoms with van der Waals surface area (Å²) >= 11 is 1.72. The Kier molecular flexibility index (Phi) is 6.97. The van der Waals surface area contributed by atoms with Gasteiger partial charge in [-0.25, -0.2) is 9.97 Å². The van der Waals surface area contributed by atoms with Crippen molar-refractivity contribution in [1.82, 2.24) is 19.9 Å². The van der Waals surface area contributed by atoms with Crippen LogP contribution in [0.25, 0.3) is 5.82 Å². The molecule has 1 amide bonds. The first-order valence-electron chi connectivity index (χ1n) is 5.89. The van der Waals surface area contributed by atoms with Gasteiger partial charge in [0.2, 0.25) is 5.91 Å². The van der Waals surface area contributed by atoms with Crippen molar-refractivity contribution in [3.8, 4) is 5.82 Å². The van der Waals surface area contributed by atoms with E-state index in [1.165, 1.54) is 0 Å². The first kappa shape index (κ1) is 17.8. The van der Waals surface area contributed by atoms with Crippen LogP contribution in [0.2, 0.25) is 0 Å². The van der Waals surface area contributed by atoms with E-state index in [4.69, 9.17) is 0 Å². The normalized spacial score (nSPS) is 16.7. The van der Waals surface area contributed by atoms with Crippen molar-refractivity contribution in [3.63, 3.8) is 0 Å². The molecule has 1 unspecified atom stereocenters. The number of carbonyl (C=O) groups is 1. The Morgan fingerprint density at radius 2 is 2.29 bits per heavy atom. The number of carbonyl (C=O) groups excluding carboxylic acids is 1. The first-order valence-corrected chi connectivity index (χ1v) is 7.05. The molecule has 114 valence electrons. The molecule has 3 rings (SSSR count). The fraction of sp³-hybridized carbons (Fsp3) is 0.250. The predicted molar refractivity (Wildman–Crippen MR) is 88.7 cm³/mol. The molecule has 0 radical (unpaired) electrons. The van der Waals surface area contributed by atoms with Gasteiger partial charge in [0.05, 0.1) is 17.9 Å². The third-order valence-electron chi connectivity index (χ3n) is 2.82. The van der Waals surface area contributed by atoms with Crippen LogP contribution in [0.3, 0.4) is 0 Å². The van der Waals surface area contributed by atoms with Gasteiger partial charge in [-0.1, -0.05) is 0 Å². The van der Waals surface area contributed by atoms with Crippen LogP contribution in [0.4, 0.5) is 5.69 Å². The monoisotopic (exact) mass is 347 g/mol. The van der Waals surface area contributed by atoms with Gasteiger partial charge >= 0.3 is 0 Å². The second-order valence-electron chi connectivity index (χ2n) is 4.14. The van der Waals surface area contributed by atoms with Gasteiger partial charge in [0, 0.05) is 24.0 Å². The number of thioether (sulfide) groups is 1. The van der Waals surface area contributed by atoms with Crippen molar-refractivity contribution in [2.45, 2.75) is 6.04 Å². The van der Waals surface area contributed by atoms with Crippen molar-refractivity contribution in [1.29, 1.82) is 0 Å². The maximum atomic E-state index is 11.9. The molecule has 0 aromatic carbocycles. The van der Waals surface area contributed by atoms with Crippen LogP contribution in [0.1, 0.15) is 0 Å². The first-order chi connectivity index (χ1) is 9.33. The van der Waals surface area contributed by atoms with Gasteiger partial charge in [0.25, 0.3) is 0 Å². The molecule has 1 aliphatic rings. The van der Waals surface area contributed by atoms with Gasteiger partial charge in [-0.15, -0.1) is 36.6 Å². The second-order valence-corrected chi connectivity index (χ2v) is 5.17. The average Bonchev–Trinajstić information content (AvgIpc) is 3.13. The Morgan fingerprint density at radius 1 is 1.43 bits per heavy atom. The SMILES string of the molecule is Cl.Cl.O=C(Nc1ccc(-n2ccnc2)nc1)C1CSCN1. The molecular weight excluding hydrogens is 333 g/mol. The van der Waals surface area contributed by atoms with E-state index in [2.05, 4.69) is 20.6 Å². The number of rotatable bonds is 3. The molecule has 0 spiro atoms. The fourth-order valence-electron chi connectivity index (χ4n) is 1.80. The number of nitrogens with zero attached hydrogens (tertiary/aromatic N) is 3. The van der Waals surface area contributed by atoms with Crippen molar-refractivity contribution in [2.75, 3.05) is 16.9 Å². The highest BCUT2D eigenvalue weighted by Crippen LogP contribution is 2.13. The molecule has 1 atom stereocenters. The zero-order valence-electron chi connectivity index (χ0n) is 10.9. The summed E-state index contributed by atoms with van der Waals surface area (Å²) in [7, 11) is 0. The van der Waals surface area contributed by atoms with Crippen molar-refractivity contribution < 1.29 is 4.79 Å². The van der Waals surface area contributed by atoms with Crippen molar-refractivity contribution >= 4 is 48.2 Å². The molecule has 2 aromatic rings. The number of anilines is 1. The Labute approximate surface area is 138 Å². The quantitative estimate of drug-likeness (QED) is 0.884. The lowest BCUT2D eigenvalue weighted by Crippen LogP contribution is -2.37. The number of hydrogen-bond acceptors (Lipinski definition) is 5. The summed E-state index contributed by atoms with van der Waals surface area (Å²) in [6.45, 7) is 0. The molecule has 2 N–H and O–H groups in total. The number of halogens is 2. The summed E-state index contributed by atoms with van der Waals surface area (Å²) in [6.07, 6.45) is 6.84. The Bertz CT molecular complexity index is 558. The second kappa shape index (κ2) is 8.23. The molecule has 2 aromatic heterocycles. The molecule has 1 fully saturated rings. The Balaban J connectivity index is 0.00000110. The molecule has 9 heteroatoms. The standard InChI is InChI=1S/C12H13N5OS.2ClH/c18-12(10-6-19-8-15-10)16-9-1-2-11(14-5-9)17-4-3-13-7-17;;/h1-5,7,10,15H,6,8H2,(H,16,18);2*1H. The minimum Gasteiger partial charge on any atom is -0.323 e. The molecule has 6 nitrogen and oxygen atoms in total. The minimum absolute atomic E-state index is 0. The van der Waals surface area contributed by atoms with Gasteiger partial charge in [-0.3, -0.25) is 14.7 Å². The summed E-state index contributed by atoms with van der Waals surface area (Å²) in [4.78, 5) is 20.1. The largest absolute Gasteiger partial charge is 0.323 e. The van der Waals surface area contributed by atoms with E-state index in [9.17, 15) is 4.79 Å². The van der Waals surface area contributed by atoms with Crippen molar-refractivity contribution in [3.05, 3.63) is 37.1 Å². The topological polar surface area (TPSA) is 71.8 Å². The number of pyridine rings is 1.